The number of amides is 1. The average molecular weight is 291 g/mol. The number of anilines is 2. The number of carbonyl (C=O) groups excluding carboxylic acids is 1. The van der Waals surface area contributed by atoms with E-state index in [9.17, 15) is 9.59 Å². The first-order chi connectivity index (χ1) is 9.51. The molecule has 1 aromatic heterocycles. The molecule has 0 atom stereocenters. The van der Waals surface area contributed by atoms with Crippen LogP contribution in [-0.4, -0.2) is 22.0 Å². The number of thiazole rings is 1. The summed E-state index contributed by atoms with van der Waals surface area (Å²) in [7, 11) is 0. The van der Waals surface area contributed by atoms with Gasteiger partial charge in [0, 0.05) is 11.3 Å². The fourth-order valence-corrected chi connectivity index (χ4v) is 2.57. The first-order valence-electron chi connectivity index (χ1n) is 5.91. The maximum Gasteiger partial charge on any atom is 0.347 e. The molecule has 1 amide bonds. The lowest BCUT2D eigenvalue weighted by molar-refractivity contribution is 0.0700. The van der Waals surface area contributed by atoms with Gasteiger partial charge >= 0.3 is 5.97 Å². The van der Waals surface area contributed by atoms with Crippen LogP contribution in [0, 0.1) is 0 Å². The van der Waals surface area contributed by atoms with E-state index in [1.54, 1.807) is 24.3 Å². The van der Waals surface area contributed by atoms with E-state index in [0.29, 0.717) is 28.5 Å². The van der Waals surface area contributed by atoms with Crippen LogP contribution in [0.5, 0.6) is 0 Å². The molecule has 20 heavy (non-hydrogen) atoms. The highest BCUT2D eigenvalue weighted by Crippen LogP contribution is 2.26. The predicted molar refractivity (Wildman–Crippen MR) is 76.7 cm³/mol. The van der Waals surface area contributed by atoms with E-state index in [1.165, 1.54) is 0 Å². The summed E-state index contributed by atoms with van der Waals surface area (Å²) in [6, 6.07) is 6.56. The molecule has 0 bridgehead atoms. The summed E-state index contributed by atoms with van der Waals surface area (Å²) in [5.41, 5.74) is 6.83. The van der Waals surface area contributed by atoms with Crippen LogP contribution in [0.15, 0.2) is 24.3 Å². The number of primary amides is 1. The molecule has 2 aromatic rings. The van der Waals surface area contributed by atoms with Crippen molar-refractivity contribution >= 4 is 34.0 Å². The SMILES string of the molecule is CCc1nc(Nc2ccc(C(N)=O)cc2)sc1C(=O)O. The van der Waals surface area contributed by atoms with Crippen molar-refractivity contribution in [3.63, 3.8) is 0 Å². The van der Waals surface area contributed by atoms with Gasteiger partial charge in [-0.3, -0.25) is 4.79 Å². The molecule has 0 saturated carbocycles. The van der Waals surface area contributed by atoms with Crippen molar-refractivity contribution < 1.29 is 14.7 Å². The van der Waals surface area contributed by atoms with Gasteiger partial charge in [-0.2, -0.15) is 0 Å². The van der Waals surface area contributed by atoms with E-state index in [-0.39, 0.29) is 4.88 Å². The molecule has 0 radical (unpaired) electrons. The molecular weight excluding hydrogens is 278 g/mol. The molecule has 0 spiro atoms. The Morgan fingerprint density at radius 2 is 2.00 bits per heavy atom. The van der Waals surface area contributed by atoms with E-state index in [0.717, 1.165) is 11.3 Å². The number of carbonyl (C=O) groups is 2. The average Bonchev–Trinajstić information content (AvgIpc) is 2.82. The molecule has 1 aromatic carbocycles. The molecule has 0 aliphatic heterocycles. The number of nitrogens with zero attached hydrogens (tertiary/aromatic N) is 1. The largest absolute Gasteiger partial charge is 0.477 e. The van der Waals surface area contributed by atoms with Crippen LogP contribution < -0.4 is 11.1 Å². The van der Waals surface area contributed by atoms with Crippen molar-refractivity contribution in [2.45, 2.75) is 13.3 Å². The van der Waals surface area contributed by atoms with Crippen molar-refractivity contribution in [2.75, 3.05) is 5.32 Å². The third kappa shape index (κ3) is 2.94. The second kappa shape index (κ2) is 5.70. The molecule has 0 aliphatic rings. The number of aromatic nitrogens is 1. The quantitative estimate of drug-likeness (QED) is 0.783. The highest BCUT2D eigenvalue weighted by molar-refractivity contribution is 7.17. The molecule has 0 unspecified atom stereocenters. The Labute approximate surface area is 119 Å². The molecule has 1 heterocycles. The number of hydrogen-bond acceptors (Lipinski definition) is 5. The molecule has 0 saturated heterocycles. The summed E-state index contributed by atoms with van der Waals surface area (Å²) in [5, 5.41) is 12.6. The zero-order valence-electron chi connectivity index (χ0n) is 10.7. The fraction of sp³-hybridized carbons (Fsp3) is 0.154. The first-order valence-corrected chi connectivity index (χ1v) is 6.72. The van der Waals surface area contributed by atoms with Gasteiger partial charge in [0.05, 0.1) is 5.69 Å². The third-order valence-corrected chi connectivity index (χ3v) is 3.65. The maximum absolute atomic E-state index is 11.1. The standard InChI is InChI=1S/C13H13N3O3S/c1-2-9-10(12(18)19)20-13(16-9)15-8-5-3-7(4-6-8)11(14)17/h3-6H,2H2,1H3,(H2,14,17)(H,15,16)(H,18,19). The third-order valence-electron chi connectivity index (χ3n) is 2.65. The van der Waals surface area contributed by atoms with Crippen molar-refractivity contribution in [1.82, 2.24) is 4.98 Å². The minimum Gasteiger partial charge on any atom is -0.477 e. The molecule has 0 fully saturated rings. The lowest BCUT2D eigenvalue weighted by Crippen LogP contribution is -2.10. The fourth-order valence-electron chi connectivity index (χ4n) is 1.65. The number of rotatable bonds is 5. The van der Waals surface area contributed by atoms with Gasteiger partial charge in [-0.05, 0) is 30.7 Å². The van der Waals surface area contributed by atoms with E-state index in [4.69, 9.17) is 10.8 Å². The first kappa shape index (κ1) is 14.0. The van der Waals surface area contributed by atoms with Crippen molar-refractivity contribution in [2.24, 2.45) is 5.73 Å². The second-order valence-electron chi connectivity index (χ2n) is 4.02. The normalized spacial score (nSPS) is 10.2. The van der Waals surface area contributed by atoms with Gasteiger partial charge in [-0.15, -0.1) is 0 Å². The molecule has 6 nitrogen and oxygen atoms in total. The highest BCUT2D eigenvalue weighted by Gasteiger charge is 2.15. The van der Waals surface area contributed by atoms with E-state index in [1.807, 2.05) is 6.92 Å². The minimum atomic E-state index is -0.975. The Morgan fingerprint density at radius 3 is 2.45 bits per heavy atom. The van der Waals surface area contributed by atoms with Crippen LogP contribution in [-0.2, 0) is 6.42 Å². The smallest absolute Gasteiger partial charge is 0.347 e. The van der Waals surface area contributed by atoms with Crippen LogP contribution in [0.1, 0.15) is 32.6 Å². The Hall–Kier alpha value is -2.41. The Kier molecular flexibility index (Phi) is 3.99. The Balaban J connectivity index is 2.21. The van der Waals surface area contributed by atoms with Gasteiger partial charge in [0.25, 0.3) is 0 Å². The molecule has 7 heteroatoms. The van der Waals surface area contributed by atoms with E-state index >= 15 is 0 Å². The van der Waals surface area contributed by atoms with Gasteiger partial charge in [0.1, 0.15) is 4.88 Å². The second-order valence-corrected chi connectivity index (χ2v) is 5.02. The summed E-state index contributed by atoms with van der Waals surface area (Å²) in [6.45, 7) is 1.85. The van der Waals surface area contributed by atoms with Gasteiger partial charge < -0.3 is 16.2 Å². The van der Waals surface area contributed by atoms with E-state index < -0.39 is 11.9 Å². The number of nitrogens with one attached hydrogen (secondary N) is 1. The van der Waals surface area contributed by atoms with Gasteiger partial charge in [-0.1, -0.05) is 18.3 Å². The van der Waals surface area contributed by atoms with Crippen LogP contribution in [0.4, 0.5) is 10.8 Å². The summed E-state index contributed by atoms with van der Waals surface area (Å²) >= 11 is 1.08. The summed E-state index contributed by atoms with van der Waals surface area (Å²) in [4.78, 5) is 26.5. The van der Waals surface area contributed by atoms with E-state index in [2.05, 4.69) is 10.3 Å². The Bertz CT molecular complexity index is 649. The van der Waals surface area contributed by atoms with Crippen LogP contribution in [0.3, 0.4) is 0 Å². The number of benzene rings is 1. The number of aryl methyl sites for hydroxylation is 1. The van der Waals surface area contributed by atoms with Crippen molar-refractivity contribution in [3.8, 4) is 0 Å². The van der Waals surface area contributed by atoms with Gasteiger partial charge in [-0.25, -0.2) is 9.78 Å². The summed E-state index contributed by atoms with van der Waals surface area (Å²) in [5.74, 6) is -1.47. The topological polar surface area (TPSA) is 105 Å². The number of aromatic carboxylic acids is 1. The predicted octanol–water partition coefficient (Wildman–Crippen LogP) is 2.25. The molecular formula is C13H13N3O3S. The summed E-state index contributed by atoms with van der Waals surface area (Å²) in [6.07, 6.45) is 0.556. The molecule has 104 valence electrons. The van der Waals surface area contributed by atoms with Crippen molar-refractivity contribution in [3.05, 3.63) is 40.4 Å². The summed E-state index contributed by atoms with van der Waals surface area (Å²) < 4.78 is 0. The molecule has 0 aliphatic carbocycles. The molecule has 2 rings (SSSR count). The van der Waals surface area contributed by atoms with Crippen LogP contribution >= 0.6 is 11.3 Å². The van der Waals surface area contributed by atoms with Crippen LogP contribution in [0.25, 0.3) is 0 Å². The Morgan fingerprint density at radius 1 is 1.35 bits per heavy atom. The molecule has 4 N–H and O–H groups in total. The monoisotopic (exact) mass is 291 g/mol. The zero-order chi connectivity index (χ0) is 14.7. The maximum atomic E-state index is 11.1. The number of hydrogen-bond donors (Lipinski definition) is 3. The van der Waals surface area contributed by atoms with Crippen molar-refractivity contribution in [1.29, 1.82) is 0 Å². The van der Waals surface area contributed by atoms with Gasteiger partial charge in [0.2, 0.25) is 5.91 Å². The number of carboxylic acids is 1. The zero-order valence-corrected chi connectivity index (χ0v) is 11.5. The van der Waals surface area contributed by atoms with Gasteiger partial charge in [0.15, 0.2) is 5.13 Å². The minimum absolute atomic E-state index is 0.240. The van der Waals surface area contributed by atoms with Crippen LogP contribution in [0.2, 0.25) is 0 Å². The lowest BCUT2D eigenvalue weighted by atomic mass is 10.2. The number of nitrogens with two attached hydrogens (primary N) is 1. The lowest BCUT2D eigenvalue weighted by Gasteiger charge is -2.02. The highest BCUT2D eigenvalue weighted by atomic mass is 32.1. The number of carboxylic acid groups (broad SMARTS) is 1.